The van der Waals surface area contributed by atoms with Crippen molar-refractivity contribution in [2.24, 2.45) is 0 Å². The summed E-state index contributed by atoms with van der Waals surface area (Å²) >= 11 is 0. The van der Waals surface area contributed by atoms with Crippen molar-refractivity contribution in [3.8, 4) is 0 Å². The first kappa shape index (κ1) is 37.6. The van der Waals surface area contributed by atoms with Gasteiger partial charge in [0.1, 0.15) is 85.4 Å². The van der Waals surface area contributed by atoms with Crippen LogP contribution in [0.15, 0.2) is 0 Å². The zero-order valence-electron chi connectivity index (χ0n) is 25.1. The number of carbonyl (C=O) groups is 1. The maximum absolute atomic E-state index is 11.7. The van der Waals surface area contributed by atoms with Gasteiger partial charge in [0.25, 0.3) is 0 Å². The third-order valence-corrected chi connectivity index (χ3v) is 8.53. The van der Waals surface area contributed by atoms with Crippen molar-refractivity contribution in [3.05, 3.63) is 0 Å². The van der Waals surface area contributed by atoms with Gasteiger partial charge in [0.05, 0.1) is 25.4 Å². The van der Waals surface area contributed by atoms with Gasteiger partial charge < -0.3 is 94.6 Å². The predicted molar refractivity (Wildman–Crippen MR) is 143 cm³/mol. The summed E-state index contributed by atoms with van der Waals surface area (Å²) in [4.78, 5) is 11.7. The second-order valence-corrected chi connectivity index (χ2v) is 11.8. The summed E-state index contributed by atoms with van der Waals surface area (Å²) in [6, 6.07) is -1.39. The Bertz CT molecular complexity index is 997. The molecule has 0 aromatic carbocycles. The minimum Gasteiger partial charge on any atom is -0.394 e. The summed E-state index contributed by atoms with van der Waals surface area (Å²) in [5.41, 5.74) is 0. The van der Waals surface area contributed by atoms with E-state index in [0.717, 1.165) is 6.92 Å². The highest BCUT2D eigenvalue weighted by atomic mass is 16.8. The monoisotopic (exact) mass is 675 g/mol. The molecule has 0 radical (unpaired) electrons. The molecule has 12 N–H and O–H groups in total. The zero-order valence-corrected chi connectivity index (χ0v) is 25.1. The van der Waals surface area contributed by atoms with Crippen molar-refractivity contribution in [1.29, 1.82) is 0 Å². The van der Waals surface area contributed by atoms with Crippen LogP contribution in [-0.2, 0) is 38.0 Å². The van der Waals surface area contributed by atoms with Crippen molar-refractivity contribution >= 4 is 5.91 Å². The Balaban J connectivity index is 1.51. The van der Waals surface area contributed by atoms with Crippen LogP contribution >= 0.6 is 0 Å². The Labute approximate surface area is 262 Å². The lowest BCUT2D eigenvalue weighted by Gasteiger charge is -2.49. The molecule has 4 rings (SSSR count). The van der Waals surface area contributed by atoms with Crippen molar-refractivity contribution in [3.63, 3.8) is 0 Å². The van der Waals surface area contributed by atoms with Gasteiger partial charge in [0.2, 0.25) is 5.91 Å². The number of carbonyl (C=O) groups excluding carboxylic acids is 1. The van der Waals surface area contributed by atoms with Crippen LogP contribution in [0.5, 0.6) is 0 Å². The lowest BCUT2D eigenvalue weighted by Crippen LogP contribution is -2.68. The van der Waals surface area contributed by atoms with Crippen molar-refractivity contribution in [2.75, 3.05) is 13.2 Å². The van der Waals surface area contributed by atoms with Crippen molar-refractivity contribution in [1.82, 2.24) is 5.32 Å². The van der Waals surface area contributed by atoms with Gasteiger partial charge in [-0.15, -0.1) is 0 Å². The molecule has 268 valence electrons. The van der Waals surface area contributed by atoms with E-state index >= 15 is 0 Å². The quantitative estimate of drug-likeness (QED) is 0.108. The molecule has 0 bridgehead atoms. The number of hydrogen-bond donors (Lipinski definition) is 12. The molecule has 0 saturated carbocycles. The van der Waals surface area contributed by atoms with Crippen LogP contribution in [0.2, 0.25) is 0 Å². The Morgan fingerprint density at radius 1 is 0.565 bits per heavy atom. The summed E-state index contributed by atoms with van der Waals surface area (Å²) in [5, 5.41) is 117. The molecule has 4 heterocycles. The van der Waals surface area contributed by atoms with E-state index in [9.17, 15) is 61.0 Å². The van der Waals surface area contributed by atoms with Gasteiger partial charge in [-0.1, -0.05) is 0 Å². The molecule has 4 aliphatic rings. The van der Waals surface area contributed by atoms with E-state index in [2.05, 4.69) is 5.32 Å². The number of amides is 1. The smallest absolute Gasteiger partial charge is 0.217 e. The van der Waals surface area contributed by atoms with Crippen LogP contribution in [0, 0.1) is 0 Å². The maximum atomic E-state index is 11.7. The lowest BCUT2D eigenvalue weighted by atomic mass is 9.95. The fourth-order valence-electron chi connectivity index (χ4n) is 5.84. The Kier molecular flexibility index (Phi) is 12.7. The van der Waals surface area contributed by atoms with Gasteiger partial charge in [-0.25, -0.2) is 0 Å². The first-order chi connectivity index (χ1) is 21.6. The molecule has 0 aromatic rings. The third kappa shape index (κ3) is 7.64. The molecule has 4 saturated heterocycles. The Morgan fingerprint density at radius 3 is 1.65 bits per heavy atom. The molecule has 0 spiro atoms. The number of nitrogens with one attached hydrogen (secondary N) is 1. The molecule has 4 aliphatic heterocycles. The number of hydrogen-bond acceptors (Lipinski definition) is 19. The number of aliphatic hydroxyl groups excluding tert-OH is 11. The summed E-state index contributed by atoms with van der Waals surface area (Å²) in [5.74, 6) is -0.632. The number of rotatable bonds is 9. The van der Waals surface area contributed by atoms with E-state index in [1.54, 1.807) is 0 Å². The van der Waals surface area contributed by atoms with E-state index in [1.165, 1.54) is 13.8 Å². The van der Waals surface area contributed by atoms with Gasteiger partial charge in [0, 0.05) is 6.92 Å². The highest BCUT2D eigenvalue weighted by Crippen LogP contribution is 2.34. The summed E-state index contributed by atoms with van der Waals surface area (Å²) in [6.07, 6.45) is -30.5. The fraction of sp³-hybridized carbons (Fsp3) is 0.962. The minimum atomic E-state index is -1.92. The van der Waals surface area contributed by atoms with E-state index in [-0.39, 0.29) is 0 Å². The van der Waals surface area contributed by atoms with Crippen molar-refractivity contribution < 1.29 is 94.1 Å². The highest BCUT2D eigenvalue weighted by Gasteiger charge is 2.55. The maximum Gasteiger partial charge on any atom is 0.217 e. The van der Waals surface area contributed by atoms with Crippen LogP contribution in [0.4, 0.5) is 0 Å². The minimum absolute atomic E-state index is 0.632. The van der Waals surface area contributed by atoms with Gasteiger partial charge >= 0.3 is 0 Å². The molecule has 0 aromatic heterocycles. The molecule has 20 heteroatoms. The summed E-state index contributed by atoms with van der Waals surface area (Å²) in [6.45, 7) is 2.36. The zero-order chi connectivity index (χ0) is 34.2. The lowest BCUT2D eigenvalue weighted by molar-refractivity contribution is -0.389. The Hall–Kier alpha value is -1.25. The Morgan fingerprint density at radius 2 is 1.07 bits per heavy atom. The molecular weight excluding hydrogens is 630 g/mol. The average Bonchev–Trinajstić information content (AvgIpc) is 3.01. The van der Waals surface area contributed by atoms with Gasteiger partial charge in [0.15, 0.2) is 25.2 Å². The molecule has 1 unspecified atom stereocenters. The topological polar surface area (TPSA) is 316 Å². The predicted octanol–water partition coefficient (Wildman–Crippen LogP) is -7.55. The average molecular weight is 676 g/mol. The van der Waals surface area contributed by atoms with Crippen LogP contribution in [0.3, 0.4) is 0 Å². The second-order valence-electron chi connectivity index (χ2n) is 11.8. The number of aliphatic hydroxyl groups is 11. The molecule has 0 aliphatic carbocycles. The van der Waals surface area contributed by atoms with E-state index in [1.807, 2.05) is 0 Å². The fourth-order valence-corrected chi connectivity index (χ4v) is 5.84. The van der Waals surface area contributed by atoms with E-state index < -0.39 is 142 Å². The first-order valence-electron chi connectivity index (χ1n) is 14.8. The third-order valence-electron chi connectivity index (χ3n) is 8.53. The molecule has 20 nitrogen and oxygen atoms in total. The largest absolute Gasteiger partial charge is 0.394 e. The highest BCUT2D eigenvalue weighted by molar-refractivity contribution is 5.73. The van der Waals surface area contributed by atoms with Gasteiger partial charge in [-0.3, -0.25) is 4.79 Å². The standard InChI is InChI=1S/C26H45NO19/c1-6-12(31)15(34)18(37)24(40-6)46-22-16(35)13(32)9(4-28)43-26(22)44-20-7(2)41-25(19(38)17(20)36)45-21-11(27-8(3)30)23(39)42-10(5-29)14(21)33/h6-7,9-26,28-29,31-39H,4-5H2,1-3H3,(H,27,30)/t6-,7-,9+,10+,11+,12+,13-,14+,15+,16-,17-,18-,19-,20+,21+,22+,23?,24-,25-,26-/m0/s1. The van der Waals surface area contributed by atoms with Crippen molar-refractivity contribution in [2.45, 2.75) is 144 Å². The van der Waals surface area contributed by atoms with Gasteiger partial charge in [-0.05, 0) is 13.8 Å². The van der Waals surface area contributed by atoms with Crippen LogP contribution < -0.4 is 5.32 Å². The van der Waals surface area contributed by atoms with E-state index in [4.69, 9.17) is 33.2 Å². The number of ether oxygens (including phenoxy) is 7. The molecule has 4 fully saturated rings. The summed E-state index contributed by atoms with van der Waals surface area (Å²) < 4.78 is 39.1. The second kappa shape index (κ2) is 15.5. The van der Waals surface area contributed by atoms with Crippen LogP contribution in [0.25, 0.3) is 0 Å². The normalized spacial score (nSPS) is 51.9. The first-order valence-corrected chi connectivity index (χ1v) is 14.8. The van der Waals surface area contributed by atoms with Gasteiger partial charge in [-0.2, -0.15) is 0 Å². The molecule has 1 amide bonds. The molecular formula is C26H45NO19. The molecule has 20 atom stereocenters. The van der Waals surface area contributed by atoms with Crippen LogP contribution in [0.1, 0.15) is 20.8 Å². The summed E-state index contributed by atoms with van der Waals surface area (Å²) in [7, 11) is 0. The SMILES string of the molecule is CC(=O)N[C@H]1C(O)O[C@H](CO)[C@@H](O)[C@@H]1O[C@@H]1O[C@@H](C)[C@@H](O[C@@H]2O[C@H](CO)[C@H](O)[C@H](O)[C@H]2O[C@@H]2O[C@@H](C)[C@@H](O)[C@@H](O)[C@@H]2O)[C@@H](O)[C@@H]1O. The van der Waals surface area contributed by atoms with Crippen LogP contribution in [-0.4, -0.2) is 198 Å². The molecule has 46 heavy (non-hydrogen) atoms. The van der Waals surface area contributed by atoms with E-state index in [0.29, 0.717) is 0 Å².